The molecule has 32 heavy (non-hydrogen) atoms. The third-order valence-electron chi connectivity index (χ3n) is 6.75. The maximum atomic E-state index is 12.9. The van der Waals surface area contributed by atoms with Crippen LogP contribution in [0.4, 0.5) is 4.79 Å². The molecule has 0 spiro atoms. The lowest BCUT2D eigenvalue weighted by Crippen LogP contribution is -2.46. The maximum absolute atomic E-state index is 12.9. The average molecular weight is 456 g/mol. The van der Waals surface area contributed by atoms with Gasteiger partial charge in [0.15, 0.2) is 0 Å². The van der Waals surface area contributed by atoms with Gasteiger partial charge in [0.1, 0.15) is 5.60 Å². The zero-order valence-corrected chi connectivity index (χ0v) is 21.4. The van der Waals surface area contributed by atoms with Crippen LogP contribution in [0.15, 0.2) is 24.3 Å². The van der Waals surface area contributed by atoms with E-state index in [1.807, 2.05) is 32.1 Å². The van der Waals surface area contributed by atoms with Crippen molar-refractivity contribution >= 4 is 33.3 Å². The molecule has 1 aromatic carbocycles. The summed E-state index contributed by atoms with van der Waals surface area (Å²) >= 11 is 1.82. The second-order valence-corrected chi connectivity index (χ2v) is 12.2. The maximum Gasteiger partial charge on any atom is 0.414 e. The first-order valence-electron chi connectivity index (χ1n) is 11.8. The van der Waals surface area contributed by atoms with Gasteiger partial charge in [-0.05, 0) is 85.5 Å². The molecule has 2 atom stereocenters. The van der Waals surface area contributed by atoms with E-state index in [4.69, 9.17) is 9.72 Å². The van der Waals surface area contributed by atoms with E-state index in [0.29, 0.717) is 18.4 Å². The monoisotopic (exact) mass is 455 g/mol. The minimum absolute atomic E-state index is 0.198. The Balaban J connectivity index is 1.62. The molecule has 1 amide bonds. The molecule has 4 rings (SSSR count). The highest BCUT2D eigenvalue weighted by atomic mass is 32.1. The number of hydrogen-bond donors (Lipinski definition) is 0. The smallest absolute Gasteiger partial charge is 0.414 e. The molecule has 1 unspecified atom stereocenters. The zero-order valence-electron chi connectivity index (χ0n) is 20.6. The summed E-state index contributed by atoms with van der Waals surface area (Å²) in [5.74, 6) is 0.920. The molecule has 0 N–H and O–H groups in total. The summed E-state index contributed by atoms with van der Waals surface area (Å²) < 4.78 is 6.92. The molecule has 2 aliphatic rings. The molecule has 0 bridgehead atoms. The SMILES string of the molecule is C[C@H]1CC=C(c2ccc3sc(C4CCN(C)C(C)(C)C4)nc3c2)N(C(=O)OC(C)(C)C)C1. The van der Waals surface area contributed by atoms with Crippen molar-refractivity contribution in [3.05, 3.63) is 34.8 Å². The van der Waals surface area contributed by atoms with E-state index in [-0.39, 0.29) is 11.6 Å². The Kier molecular flexibility index (Phi) is 6.14. The number of fused-ring (bicyclic) bond motifs is 1. The summed E-state index contributed by atoms with van der Waals surface area (Å²) in [5, 5.41) is 1.24. The number of hydrogen-bond acceptors (Lipinski definition) is 5. The molecule has 0 saturated carbocycles. The number of carbonyl (C=O) groups is 1. The standard InChI is InChI=1S/C26H37N3O2S/c1-17-8-10-21(29(16-17)24(30)31-25(2,3)4)18-9-11-22-20(14-18)27-23(32-22)19-12-13-28(7)26(5,6)15-19/h9-11,14,17,19H,8,12-13,15-16H2,1-7H3/t17-,19?/m0/s1. The van der Waals surface area contributed by atoms with Crippen LogP contribution in [0, 0.1) is 5.92 Å². The molecule has 1 fully saturated rings. The lowest BCUT2D eigenvalue weighted by atomic mass is 9.83. The van der Waals surface area contributed by atoms with Gasteiger partial charge in [-0.2, -0.15) is 0 Å². The average Bonchev–Trinajstić information content (AvgIpc) is 3.12. The van der Waals surface area contributed by atoms with Crippen LogP contribution in [-0.2, 0) is 4.74 Å². The number of thiazole rings is 1. The highest BCUT2D eigenvalue weighted by Gasteiger charge is 2.34. The molecule has 5 nitrogen and oxygen atoms in total. The molecule has 2 aliphatic heterocycles. The fourth-order valence-electron chi connectivity index (χ4n) is 4.67. The van der Waals surface area contributed by atoms with Gasteiger partial charge in [0.2, 0.25) is 0 Å². The van der Waals surface area contributed by atoms with Crippen LogP contribution in [0.25, 0.3) is 15.9 Å². The molecule has 6 heteroatoms. The fraction of sp³-hybridized carbons (Fsp3) is 0.615. The normalized spacial score (nSPS) is 24.5. The molecule has 1 saturated heterocycles. The number of piperidine rings is 1. The number of rotatable bonds is 2. The lowest BCUT2D eigenvalue weighted by Gasteiger charge is -2.43. The van der Waals surface area contributed by atoms with Crippen molar-refractivity contribution in [3.63, 3.8) is 0 Å². The van der Waals surface area contributed by atoms with Gasteiger partial charge < -0.3 is 9.64 Å². The van der Waals surface area contributed by atoms with E-state index < -0.39 is 5.60 Å². The largest absolute Gasteiger partial charge is 0.443 e. The van der Waals surface area contributed by atoms with Crippen LogP contribution in [0.1, 0.15) is 77.3 Å². The van der Waals surface area contributed by atoms with Gasteiger partial charge in [-0.3, -0.25) is 4.90 Å². The van der Waals surface area contributed by atoms with Crippen molar-refractivity contribution < 1.29 is 9.53 Å². The van der Waals surface area contributed by atoms with Crippen molar-refractivity contribution in [1.29, 1.82) is 0 Å². The van der Waals surface area contributed by atoms with Crippen LogP contribution in [0.3, 0.4) is 0 Å². The number of nitrogens with zero attached hydrogens (tertiary/aromatic N) is 3. The number of likely N-dealkylation sites (tertiary alicyclic amines) is 1. The lowest BCUT2D eigenvalue weighted by molar-refractivity contribution is 0.0327. The van der Waals surface area contributed by atoms with Crippen LogP contribution < -0.4 is 0 Å². The van der Waals surface area contributed by atoms with E-state index in [1.54, 1.807) is 4.90 Å². The van der Waals surface area contributed by atoms with E-state index in [0.717, 1.165) is 42.6 Å². The Morgan fingerprint density at radius 1 is 1.28 bits per heavy atom. The Bertz CT molecular complexity index is 1030. The Morgan fingerprint density at radius 2 is 2.03 bits per heavy atom. The Hall–Kier alpha value is -1.92. The third-order valence-corrected chi connectivity index (χ3v) is 7.95. The Labute approximate surface area is 196 Å². The minimum atomic E-state index is -0.515. The zero-order chi connectivity index (χ0) is 23.3. The quantitative estimate of drug-likeness (QED) is 0.518. The fourth-order valence-corrected chi connectivity index (χ4v) is 5.76. The van der Waals surface area contributed by atoms with Gasteiger partial charge in [-0.25, -0.2) is 9.78 Å². The Morgan fingerprint density at radius 3 is 2.72 bits per heavy atom. The summed E-state index contributed by atoms with van der Waals surface area (Å²) in [5.41, 5.74) is 2.69. The van der Waals surface area contributed by atoms with Crippen LogP contribution in [-0.4, -0.2) is 52.2 Å². The second-order valence-electron chi connectivity index (χ2n) is 11.2. The summed E-state index contributed by atoms with van der Waals surface area (Å²) in [4.78, 5) is 22.3. The van der Waals surface area contributed by atoms with Crippen molar-refractivity contribution in [3.8, 4) is 0 Å². The number of aromatic nitrogens is 1. The van der Waals surface area contributed by atoms with E-state index in [1.165, 1.54) is 9.71 Å². The number of carbonyl (C=O) groups excluding carboxylic acids is 1. The first kappa shape index (κ1) is 23.2. The molecular weight excluding hydrogens is 418 g/mol. The topological polar surface area (TPSA) is 45.7 Å². The number of allylic oxidation sites excluding steroid dienone is 1. The van der Waals surface area contributed by atoms with Crippen molar-refractivity contribution in [1.82, 2.24) is 14.8 Å². The summed E-state index contributed by atoms with van der Waals surface area (Å²) in [7, 11) is 2.22. The minimum Gasteiger partial charge on any atom is -0.443 e. The third kappa shape index (κ3) is 4.86. The molecule has 2 aromatic rings. The summed E-state index contributed by atoms with van der Waals surface area (Å²) in [6.07, 6.45) is 5.14. The van der Waals surface area contributed by atoms with Gasteiger partial charge in [0, 0.05) is 23.6 Å². The first-order chi connectivity index (χ1) is 14.9. The molecule has 0 radical (unpaired) electrons. The van der Waals surface area contributed by atoms with Crippen molar-refractivity contribution in [2.45, 2.75) is 77.9 Å². The number of benzene rings is 1. The molecule has 174 valence electrons. The van der Waals surface area contributed by atoms with E-state index in [2.05, 4.69) is 57.0 Å². The number of amides is 1. The molecular formula is C26H37N3O2S. The second kappa shape index (κ2) is 8.45. The highest BCUT2D eigenvalue weighted by molar-refractivity contribution is 7.18. The summed E-state index contributed by atoms with van der Waals surface area (Å²) in [6, 6.07) is 6.44. The predicted octanol–water partition coefficient (Wildman–Crippen LogP) is 6.50. The molecule has 0 aliphatic carbocycles. The van der Waals surface area contributed by atoms with Gasteiger partial charge in [-0.15, -0.1) is 11.3 Å². The van der Waals surface area contributed by atoms with Crippen molar-refractivity contribution in [2.75, 3.05) is 20.1 Å². The van der Waals surface area contributed by atoms with Crippen LogP contribution in [0.5, 0.6) is 0 Å². The van der Waals surface area contributed by atoms with Gasteiger partial charge >= 0.3 is 6.09 Å². The first-order valence-corrected chi connectivity index (χ1v) is 12.6. The molecule has 1 aromatic heterocycles. The predicted molar refractivity (Wildman–Crippen MR) is 133 cm³/mol. The van der Waals surface area contributed by atoms with Gasteiger partial charge in [0.05, 0.1) is 20.9 Å². The van der Waals surface area contributed by atoms with Crippen LogP contribution in [0.2, 0.25) is 0 Å². The van der Waals surface area contributed by atoms with Gasteiger partial charge in [0.25, 0.3) is 0 Å². The van der Waals surface area contributed by atoms with Crippen LogP contribution >= 0.6 is 11.3 Å². The van der Waals surface area contributed by atoms with E-state index in [9.17, 15) is 4.79 Å². The number of ether oxygens (including phenoxy) is 1. The highest BCUT2D eigenvalue weighted by Crippen LogP contribution is 2.40. The van der Waals surface area contributed by atoms with Gasteiger partial charge in [-0.1, -0.05) is 19.1 Å². The van der Waals surface area contributed by atoms with E-state index >= 15 is 0 Å². The van der Waals surface area contributed by atoms with Crippen molar-refractivity contribution in [2.24, 2.45) is 5.92 Å². The summed E-state index contributed by atoms with van der Waals surface area (Å²) in [6.45, 7) is 14.3. The molecule has 3 heterocycles.